The molecule has 134 valence electrons. The first-order valence-electron chi connectivity index (χ1n) is 8.15. The van der Waals surface area contributed by atoms with E-state index in [-0.39, 0.29) is 11.2 Å². The van der Waals surface area contributed by atoms with E-state index in [4.69, 9.17) is 11.6 Å². The number of amides is 1. The van der Waals surface area contributed by atoms with Gasteiger partial charge in [-0.1, -0.05) is 29.4 Å². The molecule has 1 amide bonds. The maximum absolute atomic E-state index is 12.5. The lowest BCUT2D eigenvalue weighted by atomic mass is 10.2. The normalized spacial score (nSPS) is 12.0. The third-order valence-electron chi connectivity index (χ3n) is 3.72. The number of pyridine rings is 1. The van der Waals surface area contributed by atoms with E-state index >= 15 is 0 Å². The van der Waals surface area contributed by atoms with Gasteiger partial charge < -0.3 is 9.88 Å². The van der Waals surface area contributed by atoms with Crippen LogP contribution in [-0.2, 0) is 11.3 Å². The van der Waals surface area contributed by atoms with Gasteiger partial charge in [-0.2, -0.15) is 0 Å². The molecule has 3 rings (SSSR count). The molecule has 0 saturated carbocycles. The monoisotopic (exact) mass is 387 g/mol. The molecule has 0 aliphatic carbocycles. The van der Waals surface area contributed by atoms with Gasteiger partial charge in [-0.3, -0.25) is 9.78 Å². The van der Waals surface area contributed by atoms with E-state index in [1.54, 1.807) is 36.7 Å². The molecule has 0 radical (unpaired) electrons. The maximum atomic E-state index is 12.5. The van der Waals surface area contributed by atoms with E-state index in [1.165, 1.54) is 11.8 Å². The molecular formula is C18H18ClN5OS. The maximum Gasteiger partial charge on any atom is 0.237 e. The van der Waals surface area contributed by atoms with Crippen molar-refractivity contribution in [1.29, 1.82) is 0 Å². The Morgan fingerprint density at radius 3 is 2.73 bits per heavy atom. The second-order valence-corrected chi connectivity index (χ2v) is 7.29. The van der Waals surface area contributed by atoms with Crippen LogP contribution in [0.4, 0.5) is 5.69 Å². The Kier molecular flexibility index (Phi) is 5.90. The van der Waals surface area contributed by atoms with E-state index in [0.717, 1.165) is 11.4 Å². The molecule has 26 heavy (non-hydrogen) atoms. The molecule has 0 saturated heterocycles. The quantitative estimate of drug-likeness (QED) is 0.643. The number of halogens is 1. The van der Waals surface area contributed by atoms with Crippen molar-refractivity contribution < 1.29 is 4.79 Å². The molecule has 1 aromatic carbocycles. The summed E-state index contributed by atoms with van der Waals surface area (Å²) in [7, 11) is 0. The molecule has 0 bridgehead atoms. The van der Waals surface area contributed by atoms with Crippen molar-refractivity contribution in [2.24, 2.45) is 0 Å². The van der Waals surface area contributed by atoms with Crippen LogP contribution in [0.1, 0.15) is 13.8 Å². The average Bonchev–Trinajstić information content (AvgIpc) is 3.05. The number of thioether (sulfide) groups is 1. The highest BCUT2D eigenvalue weighted by Crippen LogP contribution is 2.27. The second-order valence-electron chi connectivity index (χ2n) is 5.55. The Labute approximate surface area is 161 Å². The van der Waals surface area contributed by atoms with Crippen molar-refractivity contribution in [3.8, 4) is 11.4 Å². The van der Waals surface area contributed by atoms with E-state index < -0.39 is 0 Å². The van der Waals surface area contributed by atoms with Gasteiger partial charge in [0.25, 0.3) is 0 Å². The number of anilines is 1. The van der Waals surface area contributed by atoms with Gasteiger partial charge >= 0.3 is 0 Å². The van der Waals surface area contributed by atoms with Crippen molar-refractivity contribution in [2.45, 2.75) is 30.8 Å². The van der Waals surface area contributed by atoms with E-state index in [0.29, 0.717) is 22.4 Å². The molecule has 0 aliphatic heterocycles. The summed E-state index contributed by atoms with van der Waals surface area (Å²) in [5.74, 6) is 0.647. The van der Waals surface area contributed by atoms with Crippen molar-refractivity contribution in [3.05, 3.63) is 53.8 Å². The summed E-state index contributed by atoms with van der Waals surface area (Å²) in [6.45, 7) is 4.57. The van der Waals surface area contributed by atoms with Gasteiger partial charge in [0.15, 0.2) is 11.0 Å². The largest absolute Gasteiger partial charge is 0.325 e. The molecule has 8 heteroatoms. The number of nitrogens with one attached hydrogen (secondary N) is 1. The standard InChI is InChI=1S/C18H18ClN5OS/c1-3-24-16(13-7-9-20-10-8-13)22-23-18(24)26-12(2)17(25)21-15-6-4-5-14(19)11-15/h4-12H,3H2,1-2H3,(H,21,25). The predicted molar refractivity (Wildman–Crippen MR) is 104 cm³/mol. The fourth-order valence-electron chi connectivity index (χ4n) is 2.40. The number of carbonyl (C=O) groups excluding carboxylic acids is 1. The summed E-state index contributed by atoms with van der Waals surface area (Å²) in [6.07, 6.45) is 3.44. The molecule has 1 unspecified atom stereocenters. The molecule has 1 atom stereocenters. The Morgan fingerprint density at radius 1 is 1.27 bits per heavy atom. The average molecular weight is 388 g/mol. The molecule has 1 N–H and O–H groups in total. The lowest BCUT2D eigenvalue weighted by Crippen LogP contribution is -2.22. The molecule has 6 nitrogen and oxygen atoms in total. The van der Waals surface area contributed by atoms with Crippen LogP contribution in [-0.4, -0.2) is 30.9 Å². The summed E-state index contributed by atoms with van der Waals surface area (Å²) < 4.78 is 1.99. The summed E-state index contributed by atoms with van der Waals surface area (Å²) in [6, 6.07) is 10.9. The molecule has 2 heterocycles. The molecule has 0 fully saturated rings. The number of carbonyl (C=O) groups is 1. The fraction of sp³-hybridized carbons (Fsp3) is 0.222. The summed E-state index contributed by atoms with van der Waals surface area (Å²) in [4.78, 5) is 16.5. The van der Waals surface area contributed by atoms with Crippen LogP contribution in [0.2, 0.25) is 5.02 Å². The van der Waals surface area contributed by atoms with Gasteiger partial charge in [0.2, 0.25) is 5.91 Å². The summed E-state index contributed by atoms with van der Waals surface area (Å²) in [5, 5.41) is 12.4. The SMILES string of the molecule is CCn1c(SC(C)C(=O)Nc2cccc(Cl)c2)nnc1-c1ccncc1. The first kappa shape index (κ1) is 18.4. The molecule has 2 aromatic heterocycles. The van der Waals surface area contributed by atoms with Crippen molar-refractivity contribution in [2.75, 3.05) is 5.32 Å². The zero-order valence-corrected chi connectivity index (χ0v) is 16.0. The van der Waals surface area contributed by atoms with Gasteiger partial charge in [-0.15, -0.1) is 10.2 Å². The van der Waals surface area contributed by atoms with Crippen LogP contribution < -0.4 is 5.32 Å². The van der Waals surface area contributed by atoms with E-state index in [2.05, 4.69) is 20.5 Å². The van der Waals surface area contributed by atoms with Gasteiger partial charge in [0, 0.05) is 35.2 Å². The minimum atomic E-state index is -0.339. The Balaban J connectivity index is 1.74. The van der Waals surface area contributed by atoms with E-state index in [9.17, 15) is 4.79 Å². The number of aromatic nitrogens is 4. The number of hydrogen-bond donors (Lipinski definition) is 1. The minimum Gasteiger partial charge on any atom is -0.325 e. The van der Waals surface area contributed by atoms with Crippen LogP contribution in [0.15, 0.2) is 53.9 Å². The van der Waals surface area contributed by atoms with Gasteiger partial charge in [-0.25, -0.2) is 0 Å². The summed E-state index contributed by atoms with van der Waals surface area (Å²) >= 11 is 7.33. The highest BCUT2D eigenvalue weighted by atomic mass is 35.5. The first-order chi connectivity index (χ1) is 12.6. The number of nitrogens with zero attached hydrogens (tertiary/aromatic N) is 4. The zero-order valence-electron chi connectivity index (χ0n) is 14.4. The molecular weight excluding hydrogens is 370 g/mol. The van der Waals surface area contributed by atoms with Gasteiger partial charge in [-0.05, 0) is 44.2 Å². The minimum absolute atomic E-state index is 0.117. The zero-order chi connectivity index (χ0) is 18.5. The smallest absolute Gasteiger partial charge is 0.237 e. The Morgan fingerprint density at radius 2 is 2.04 bits per heavy atom. The lowest BCUT2D eigenvalue weighted by Gasteiger charge is -2.13. The molecule has 0 aliphatic rings. The lowest BCUT2D eigenvalue weighted by molar-refractivity contribution is -0.115. The molecule has 0 spiro atoms. The van der Waals surface area contributed by atoms with Crippen LogP contribution in [0.5, 0.6) is 0 Å². The third kappa shape index (κ3) is 4.23. The predicted octanol–water partition coefficient (Wildman–Crippen LogP) is 4.13. The van der Waals surface area contributed by atoms with Crippen molar-refractivity contribution >= 4 is 35.0 Å². The van der Waals surface area contributed by atoms with E-state index in [1.807, 2.05) is 30.5 Å². The Bertz CT molecular complexity index is 900. The highest BCUT2D eigenvalue weighted by Gasteiger charge is 2.20. The van der Waals surface area contributed by atoms with Gasteiger partial charge in [0.1, 0.15) is 0 Å². The van der Waals surface area contributed by atoms with Crippen LogP contribution >= 0.6 is 23.4 Å². The summed E-state index contributed by atoms with van der Waals surface area (Å²) in [5.41, 5.74) is 1.61. The topological polar surface area (TPSA) is 72.7 Å². The number of hydrogen-bond acceptors (Lipinski definition) is 5. The van der Waals surface area contributed by atoms with Crippen LogP contribution in [0, 0.1) is 0 Å². The van der Waals surface area contributed by atoms with Crippen molar-refractivity contribution in [1.82, 2.24) is 19.7 Å². The first-order valence-corrected chi connectivity index (χ1v) is 9.41. The fourth-order valence-corrected chi connectivity index (χ4v) is 3.50. The molecule has 3 aromatic rings. The highest BCUT2D eigenvalue weighted by molar-refractivity contribution is 8.00. The van der Waals surface area contributed by atoms with Crippen LogP contribution in [0.3, 0.4) is 0 Å². The Hall–Kier alpha value is -2.38. The van der Waals surface area contributed by atoms with Crippen LogP contribution in [0.25, 0.3) is 11.4 Å². The number of rotatable bonds is 6. The van der Waals surface area contributed by atoms with Crippen molar-refractivity contribution in [3.63, 3.8) is 0 Å². The second kappa shape index (κ2) is 8.33. The van der Waals surface area contributed by atoms with Gasteiger partial charge in [0.05, 0.1) is 5.25 Å². The third-order valence-corrected chi connectivity index (χ3v) is 5.03. The number of benzene rings is 1.